The van der Waals surface area contributed by atoms with Gasteiger partial charge in [0.1, 0.15) is 12.4 Å². The van der Waals surface area contributed by atoms with E-state index < -0.39 is 11.7 Å². The van der Waals surface area contributed by atoms with Crippen LogP contribution >= 0.6 is 15.9 Å². The summed E-state index contributed by atoms with van der Waals surface area (Å²) in [6.07, 6.45) is 0. The first-order chi connectivity index (χ1) is 6.65. The number of rotatable bonds is 2. The second-order valence-corrected chi connectivity index (χ2v) is 3.32. The maximum atomic E-state index is 12.8. The molecule has 0 aliphatic rings. The fourth-order valence-corrected chi connectivity index (χ4v) is 1.31. The van der Waals surface area contributed by atoms with Crippen molar-refractivity contribution in [2.24, 2.45) is 0 Å². The Morgan fingerprint density at radius 1 is 1.64 bits per heavy atom. The number of carbonyl (C=O) groups is 1. The van der Waals surface area contributed by atoms with Gasteiger partial charge in [-0.1, -0.05) is 0 Å². The van der Waals surface area contributed by atoms with Gasteiger partial charge < -0.3 is 5.32 Å². The van der Waals surface area contributed by atoms with Crippen LogP contribution in [-0.4, -0.2) is 12.5 Å². The monoisotopic (exact) mass is 256 g/mol. The van der Waals surface area contributed by atoms with E-state index in [0.29, 0.717) is 4.47 Å². The van der Waals surface area contributed by atoms with Crippen molar-refractivity contribution in [1.29, 1.82) is 5.26 Å². The number of carbonyl (C=O) groups excluding carboxylic acids is 1. The molecule has 0 unspecified atom stereocenters. The number of hydrogen-bond donors (Lipinski definition) is 1. The van der Waals surface area contributed by atoms with Crippen molar-refractivity contribution in [2.75, 3.05) is 6.54 Å². The molecule has 1 amide bonds. The highest BCUT2D eigenvalue weighted by molar-refractivity contribution is 9.10. The summed E-state index contributed by atoms with van der Waals surface area (Å²) in [6.45, 7) is -0.0954. The van der Waals surface area contributed by atoms with Crippen molar-refractivity contribution in [3.8, 4) is 6.07 Å². The number of amides is 1. The third-order valence-corrected chi connectivity index (χ3v) is 2.19. The molecule has 0 aliphatic heterocycles. The normalized spacial score (nSPS) is 9.21. The molecule has 0 saturated heterocycles. The highest BCUT2D eigenvalue weighted by atomic mass is 79.9. The molecule has 5 heteroatoms. The summed E-state index contributed by atoms with van der Waals surface area (Å²) in [6, 6.07) is 5.55. The Morgan fingerprint density at radius 3 is 3.00 bits per heavy atom. The van der Waals surface area contributed by atoms with Crippen LogP contribution in [0.3, 0.4) is 0 Å². The van der Waals surface area contributed by atoms with Crippen LogP contribution in [0, 0.1) is 17.1 Å². The molecule has 14 heavy (non-hydrogen) atoms. The standard InChI is InChI=1S/C9H6BrFN2O/c10-8-2-1-6(11)5-7(8)9(14)13-4-3-12/h1-2,5H,4H2,(H,13,14). The van der Waals surface area contributed by atoms with Gasteiger partial charge in [-0.15, -0.1) is 0 Å². The zero-order valence-electron chi connectivity index (χ0n) is 7.05. The first kappa shape index (κ1) is 10.7. The number of nitriles is 1. The van der Waals surface area contributed by atoms with Crippen molar-refractivity contribution in [2.45, 2.75) is 0 Å². The predicted molar refractivity (Wildman–Crippen MR) is 52.0 cm³/mol. The van der Waals surface area contributed by atoms with Crippen LogP contribution in [0.15, 0.2) is 22.7 Å². The summed E-state index contributed by atoms with van der Waals surface area (Å²) in [7, 11) is 0. The molecular formula is C9H6BrFN2O. The van der Waals surface area contributed by atoms with Crippen LogP contribution in [0.25, 0.3) is 0 Å². The van der Waals surface area contributed by atoms with Gasteiger partial charge in [-0.05, 0) is 34.1 Å². The number of halogens is 2. The summed E-state index contributed by atoms with van der Waals surface area (Å²) in [5.41, 5.74) is 0.181. The van der Waals surface area contributed by atoms with Crippen LogP contribution in [-0.2, 0) is 0 Å². The minimum Gasteiger partial charge on any atom is -0.339 e. The van der Waals surface area contributed by atoms with Crippen molar-refractivity contribution >= 4 is 21.8 Å². The zero-order chi connectivity index (χ0) is 10.6. The van der Waals surface area contributed by atoms with Gasteiger partial charge in [0.25, 0.3) is 5.91 Å². The maximum absolute atomic E-state index is 12.8. The second kappa shape index (κ2) is 4.72. The molecule has 3 nitrogen and oxygen atoms in total. The maximum Gasteiger partial charge on any atom is 0.253 e. The van der Waals surface area contributed by atoms with E-state index in [4.69, 9.17) is 5.26 Å². The Labute approximate surface area is 88.7 Å². The summed E-state index contributed by atoms with van der Waals surface area (Å²) >= 11 is 3.11. The van der Waals surface area contributed by atoms with E-state index in [2.05, 4.69) is 21.2 Å². The van der Waals surface area contributed by atoms with Gasteiger partial charge in [-0.3, -0.25) is 4.79 Å². The highest BCUT2D eigenvalue weighted by Crippen LogP contribution is 2.17. The molecular weight excluding hydrogens is 251 g/mol. The van der Waals surface area contributed by atoms with Crippen LogP contribution in [0.4, 0.5) is 4.39 Å². The Bertz CT molecular complexity index is 400. The van der Waals surface area contributed by atoms with Crippen molar-refractivity contribution < 1.29 is 9.18 Å². The van der Waals surface area contributed by atoms with Crippen molar-refractivity contribution in [3.05, 3.63) is 34.1 Å². The van der Waals surface area contributed by atoms with E-state index in [-0.39, 0.29) is 12.1 Å². The molecule has 0 bridgehead atoms. The lowest BCUT2D eigenvalue weighted by atomic mass is 10.2. The van der Waals surface area contributed by atoms with Crippen LogP contribution in [0.5, 0.6) is 0 Å². The largest absolute Gasteiger partial charge is 0.339 e. The predicted octanol–water partition coefficient (Wildman–Crippen LogP) is 1.84. The van der Waals surface area contributed by atoms with Crippen LogP contribution in [0.1, 0.15) is 10.4 Å². The van der Waals surface area contributed by atoms with Crippen LogP contribution in [0.2, 0.25) is 0 Å². The number of nitrogens with one attached hydrogen (secondary N) is 1. The SMILES string of the molecule is N#CCNC(=O)c1cc(F)ccc1Br. The summed E-state index contributed by atoms with van der Waals surface area (Å²) in [5.74, 6) is -0.965. The van der Waals surface area contributed by atoms with E-state index >= 15 is 0 Å². The van der Waals surface area contributed by atoms with Crippen LogP contribution < -0.4 is 5.32 Å². The van der Waals surface area contributed by atoms with E-state index in [9.17, 15) is 9.18 Å². The molecule has 0 saturated carbocycles. The van der Waals surface area contributed by atoms with E-state index in [1.807, 2.05) is 0 Å². The van der Waals surface area contributed by atoms with E-state index in [1.165, 1.54) is 12.1 Å². The fourth-order valence-electron chi connectivity index (χ4n) is 0.887. The third-order valence-electron chi connectivity index (χ3n) is 1.50. The van der Waals surface area contributed by atoms with Gasteiger partial charge in [-0.25, -0.2) is 4.39 Å². The first-order valence-electron chi connectivity index (χ1n) is 3.75. The molecule has 1 rings (SSSR count). The highest BCUT2D eigenvalue weighted by Gasteiger charge is 2.09. The first-order valence-corrected chi connectivity index (χ1v) is 4.54. The second-order valence-electron chi connectivity index (χ2n) is 2.46. The molecule has 0 spiro atoms. The van der Waals surface area contributed by atoms with Gasteiger partial charge in [0.15, 0.2) is 0 Å². The molecule has 0 aliphatic carbocycles. The summed E-state index contributed by atoms with van der Waals surface area (Å²) in [5, 5.41) is 10.6. The van der Waals surface area contributed by atoms with Gasteiger partial charge >= 0.3 is 0 Å². The molecule has 0 heterocycles. The average molecular weight is 257 g/mol. The lowest BCUT2D eigenvalue weighted by Gasteiger charge is -2.03. The van der Waals surface area contributed by atoms with Crippen molar-refractivity contribution in [1.82, 2.24) is 5.32 Å². The van der Waals surface area contributed by atoms with Crippen molar-refractivity contribution in [3.63, 3.8) is 0 Å². The molecule has 0 atom stereocenters. The molecule has 0 aromatic heterocycles. The Hall–Kier alpha value is -1.41. The Kier molecular flexibility index (Phi) is 3.60. The summed E-state index contributed by atoms with van der Waals surface area (Å²) in [4.78, 5) is 11.3. The molecule has 1 aromatic carbocycles. The fraction of sp³-hybridized carbons (Fsp3) is 0.111. The smallest absolute Gasteiger partial charge is 0.253 e. The lowest BCUT2D eigenvalue weighted by molar-refractivity contribution is 0.0957. The molecule has 0 fully saturated rings. The Morgan fingerprint density at radius 2 is 2.36 bits per heavy atom. The van der Waals surface area contributed by atoms with Gasteiger partial charge in [0.2, 0.25) is 0 Å². The molecule has 72 valence electrons. The molecule has 1 N–H and O–H groups in total. The van der Waals surface area contributed by atoms with Gasteiger partial charge in [0, 0.05) is 4.47 Å². The topological polar surface area (TPSA) is 52.9 Å². The number of hydrogen-bond acceptors (Lipinski definition) is 2. The number of benzene rings is 1. The van der Waals surface area contributed by atoms with Gasteiger partial charge in [0.05, 0.1) is 11.6 Å². The Balaban J connectivity index is 2.90. The molecule has 1 aromatic rings. The third kappa shape index (κ3) is 2.54. The quantitative estimate of drug-likeness (QED) is 0.822. The van der Waals surface area contributed by atoms with Gasteiger partial charge in [-0.2, -0.15) is 5.26 Å². The minimum absolute atomic E-state index is 0.0954. The average Bonchev–Trinajstić information content (AvgIpc) is 2.18. The van der Waals surface area contributed by atoms with E-state index in [0.717, 1.165) is 6.07 Å². The minimum atomic E-state index is -0.490. The lowest BCUT2D eigenvalue weighted by Crippen LogP contribution is -2.23. The van der Waals surface area contributed by atoms with E-state index in [1.54, 1.807) is 6.07 Å². The zero-order valence-corrected chi connectivity index (χ0v) is 8.64. The number of nitrogens with zero attached hydrogens (tertiary/aromatic N) is 1. The summed E-state index contributed by atoms with van der Waals surface area (Å²) < 4.78 is 13.3. The molecule has 0 radical (unpaired) electrons.